The number of fused-ring (bicyclic) bond motifs is 1. The number of amides is 2. The number of benzene rings is 2. The van der Waals surface area contributed by atoms with Crippen LogP contribution in [0.1, 0.15) is 70.9 Å². The van der Waals surface area contributed by atoms with Crippen LogP contribution in [-0.2, 0) is 11.2 Å². The zero-order chi connectivity index (χ0) is 22.1. The molecule has 2 heterocycles. The van der Waals surface area contributed by atoms with Crippen LogP contribution in [0.25, 0.3) is 0 Å². The first-order chi connectivity index (χ1) is 15.7. The molecule has 5 heteroatoms. The van der Waals surface area contributed by atoms with Crippen molar-refractivity contribution in [2.45, 2.75) is 57.0 Å². The molecule has 1 aliphatic heterocycles. The van der Waals surface area contributed by atoms with Crippen molar-refractivity contribution in [1.29, 1.82) is 0 Å². The van der Waals surface area contributed by atoms with Gasteiger partial charge in [-0.3, -0.25) is 9.59 Å². The second-order valence-corrected chi connectivity index (χ2v) is 9.69. The van der Waals surface area contributed by atoms with Gasteiger partial charge in [-0.05, 0) is 60.0 Å². The molecule has 0 saturated heterocycles. The van der Waals surface area contributed by atoms with Gasteiger partial charge >= 0.3 is 0 Å². The maximum Gasteiger partial charge on any atom is 0.254 e. The molecule has 32 heavy (non-hydrogen) atoms. The van der Waals surface area contributed by atoms with Gasteiger partial charge in [0.05, 0.1) is 12.0 Å². The zero-order valence-corrected chi connectivity index (χ0v) is 19.1. The molecule has 1 fully saturated rings. The minimum Gasteiger partial charge on any atom is -0.327 e. The highest BCUT2D eigenvalue weighted by Gasteiger charge is 2.47. The number of nitrogens with one attached hydrogen (secondary N) is 1. The standard InChI is InChI=1S/C27H28N2O2S/c1-2-18-13-15-19(16-14-18)28-26(30)24-21-10-5-6-11-22(21)27(31)29(20-8-3-4-9-20)25(24)23-12-7-17-32-23/h5-7,10-17,20,24-25H,2-4,8-9H2,1H3,(H,28,30)/t24-,25-/m1/s1. The van der Waals surface area contributed by atoms with E-state index in [1.165, 1.54) is 5.56 Å². The van der Waals surface area contributed by atoms with Crippen molar-refractivity contribution in [3.05, 3.63) is 87.6 Å². The van der Waals surface area contributed by atoms with E-state index in [1.54, 1.807) is 11.3 Å². The summed E-state index contributed by atoms with van der Waals surface area (Å²) in [5.74, 6) is -0.452. The fraction of sp³-hybridized carbons (Fsp3) is 0.333. The van der Waals surface area contributed by atoms with Gasteiger partial charge in [0.2, 0.25) is 5.91 Å². The summed E-state index contributed by atoms with van der Waals surface area (Å²) in [4.78, 5) is 30.6. The van der Waals surface area contributed by atoms with Crippen molar-refractivity contribution in [2.24, 2.45) is 0 Å². The van der Waals surface area contributed by atoms with Gasteiger partial charge in [-0.15, -0.1) is 11.3 Å². The van der Waals surface area contributed by atoms with Crippen molar-refractivity contribution in [3.8, 4) is 0 Å². The lowest BCUT2D eigenvalue weighted by atomic mass is 9.80. The molecule has 2 aliphatic rings. The Hall–Kier alpha value is -2.92. The lowest BCUT2D eigenvalue weighted by molar-refractivity contribution is -0.119. The van der Waals surface area contributed by atoms with Crippen LogP contribution in [0.15, 0.2) is 66.0 Å². The molecule has 4 nitrogen and oxygen atoms in total. The molecule has 1 N–H and O–H groups in total. The summed E-state index contributed by atoms with van der Waals surface area (Å²) in [7, 11) is 0. The topological polar surface area (TPSA) is 49.4 Å². The normalized spacial score (nSPS) is 20.9. The molecule has 2 amide bonds. The number of nitrogens with zero attached hydrogens (tertiary/aromatic N) is 1. The third-order valence-electron chi connectivity index (χ3n) is 6.84. The second-order valence-electron chi connectivity index (χ2n) is 8.72. The van der Waals surface area contributed by atoms with E-state index < -0.39 is 5.92 Å². The highest BCUT2D eigenvalue weighted by molar-refractivity contribution is 7.10. The van der Waals surface area contributed by atoms with E-state index in [2.05, 4.69) is 30.4 Å². The van der Waals surface area contributed by atoms with Crippen LogP contribution in [-0.4, -0.2) is 22.8 Å². The molecule has 1 saturated carbocycles. The monoisotopic (exact) mass is 444 g/mol. The van der Waals surface area contributed by atoms with E-state index in [1.807, 2.05) is 52.7 Å². The van der Waals surface area contributed by atoms with Crippen LogP contribution in [0.5, 0.6) is 0 Å². The molecular formula is C27H28N2O2S. The maximum absolute atomic E-state index is 13.8. The van der Waals surface area contributed by atoms with Crippen LogP contribution in [0.4, 0.5) is 5.69 Å². The maximum atomic E-state index is 13.8. The molecular weight excluding hydrogens is 416 g/mol. The first-order valence-electron chi connectivity index (χ1n) is 11.5. The van der Waals surface area contributed by atoms with E-state index >= 15 is 0 Å². The second kappa shape index (κ2) is 8.91. The molecule has 0 radical (unpaired) electrons. The number of carbonyl (C=O) groups is 2. The average Bonchev–Trinajstić information content (AvgIpc) is 3.54. The summed E-state index contributed by atoms with van der Waals surface area (Å²) in [5, 5.41) is 5.18. The Balaban J connectivity index is 1.58. The van der Waals surface area contributed by atoms with E-state index in [4.69, 9.17) is 0 Å². The molecule has 164 valence electrons. The molecule has 1 aliphatic carbocycles. The van der Waals surface area contributed by atoms with Crippen molar-refractivity contribution >= 4 is 28.8 Å². The van der Waals surface area contributed by atoms with Crippen molar-refractivity contribution in [1.82, 2.24) is 4.90 Å². The number of carbonyl (C=O) groups excluding carboxylic acids is 2. The smallest absolute Gasteiger partial charge is 0.254 e. The van der Waals surface area contributed by atoms with Crippen LogP contribution in [0.3, 0.4) is 0 Å². The Morgan fingerprint density at radius 3 is 2.47 bits per heavy atom. The number of aryl methyl sites for hydroxylation is 1. The van der Waals surface area contributed by atoms with E-state index in [9.17, 15) is 9.59 Å². The summed E-state index contributed by atoms with van der Waals surface area (Å²) in [5.41, 5.74) is 3.51. The Bertz CT molecular complexity index is 1100. The van der Waals surface area contributed by atoms with E-state index in [-0.39, 0.29) is 23.9 Å². The molecule has 0 unspecified atom stereocenters. The summed E-state index contributed by atoms with van der Waals surface area (Å²) in [6, 6.07) is 19.7. The summed E-state index contributed by atoms with van der Waals surface area (Å²) < 4.78 is 0. The number of thiophene rings is 1. The number of hydrogen-bond acceptors (Lipinski definition) is 3. The van der Waals surface area contributed by atoms with Gasteiger partial charge in [0.15, 0.2) is 0 Å². The Morgan fingerprint density at radius 1 is 1.03 bits per heavy atom. The summed E-state index contributed by atoms with van der Waals surface area (Å²) in [6.07, 6.45) is 5.23. The number of anilines is 1. The number of rotatable bonds is 5. The van der Waals surface area contributed by atoms with Gasteiger partial charge in [-0.2, -0.15) is 0 Å². The lowest BCUT2D eigenvalue weighted by Crippen LogP contribution is -2.49. The third-order valence-corrected chi connectivity index (χ3v) is 7.78. The van der Waals surface area contributed by atoms with Gasteiger partial charge < -0.3 is 10.2 Å². The molecule has 2 atom stereocenters. The highest BCUT2D eigenvalue weighted by Crippen LogP contribution is 2.47. The average molecular weight is 445 g/mol. The van der Waals surface area contributed by atoms with Crippen LogP contribution >= 0.6 is 11.3 Å². The Morgan fingerprint density at radius 2 is 1.78 bits per heavy atom. The summed E-state index contributed by atoms with van der Waals surface area (Å²) >= 11 is 1.63. The van der Waals surface area contributed by atoms with E-state index in [0.717, 1.165) is 48.2 Å². The predicted molar refractivity (Wildman–Crippen MR) is 129 cm³/mol. The molecule has 1 aromatic heterocycles. The van der Waals surface area contributed by atoms with Crippen molar-refractivity contribution in [2.75, 3.05) is 5.32 Å². The lowest BCUT2D eigenvalue weighted by Gasteiger charge is -2.44. The molecule has 3 aromatic rings. The van der Waals surface area contributed by atoms with E-state index in [0.29, 0.717) is 5.56 Å². The Kier molecular flexibility index (Phi) is 5.83. The summed E-state index contributed by atoms with van der Waals surface area (Å²) in [6.45, 7) is 2.12. The molecule has 5 rings (SSSR count). The third kappa shape index (κ3) is 3.75. The highest BCUT2D eigenvalue weighted by atomic mass is 32.1. The van der Waals surface area contributed by atoms with Gasteiger partial charge in [0, 0.05) is 22.2 Å². The van der Waals surface area contributed by atoms with Crippen LogP contribution < -0.4 is 5.32 Å². The minimum atomic E-state index is -0.450. The van der Waals surface area contributed by atoms with Crippen LogP contribution in [0.2, 0.25) is 0 Å². The predicted octanol–water partition coefficient (Wildman–Crippen LogP) is 6.17. The van der Waals surface area contributed by atoms with Gasteiger partial charge in [0.25, 0.3) is 5.91 Å². The quantitative estimate of drug-likeness (QED) is 0.511. The number of hydrogen-bond donors (Lipinski definition) is 1. The van der Waals surface area contributed by atoms with Crippen LogP contribution in [0, 0.1) is 0 Å². The zero-order valence-electron chi connectivity index (χ0n) is 18.3. The fourth-order valence-corrected chi connectivity index (χ4v) is 6.08. The molecule has 0 spiro atoms. The molecule has 2 aromatic carbocycles. The van der Waals surface area contributed by atoms with Gasteiger partial charge in [-0.1, -0.05) is 56.2 Å². The first kappa shape index (κ1) is 21.0. The SMILES string of the molecule is CCc1ccc(NC(=O)[C@@H]2c3ccccc3C(=O)N(C3CCCC3)[C@@H]2c2cccs2)cc1. The largest absolute Gasteiger partial charge is 0.327 e. The van der Waals surface area contributed by atoms with Gasteiger partial charge in [0.1, 0.15) is 0 Å². The Labute approximate surface area is 193 Å². The van der Waals surface area contributed by atoms with Gasteiger partial charge in [-0.25, -0.2) is 0 Å². The first-order valence-corrected chi connectivity index (χ1v) is 12.4. The minimum absolute atomic E-state index is 0.0576. The fourth-order valence-electron chi connectivity index (χ4n) is 5.22. The molecule has 0 bridgehead atoms. The van der Waals surface area contributed by atoms with Crippen molar-refractivity contribution in [3.63, 3.8) is 0 Å². The van der Waals surface area contributed by atoms with Crippen molar-refractivity contribution < 1.29 is 9.59 Å².